The highest BCUT2D eigenvalue weighted by atomic mass is 127. The Labute approximate surface area is 194 Å². The lowest BCUT2D eigenvalue weighted by Gasteiger charge is -2.25. The summed E-state index contributed by atoms with van der Waals surface area (Å²) in [7, 11) is -3.36. The molecular formula is C19H30IN5O2S2. The first-order valence-corrected chi connectivity index (χ1v) is 12.1. The Hall–Kier alpha value is -1.11. The molecule has 1 aliphatic rings. The summed E-state index contributed by atoms with van der Waals surface area (Å²) in [6.45, 7) is 6.13. The molecule has 1 fully saturated rings. The molecule has 10 heteroatoms. The number of piperidine rings is 1. The van der Waals surface area contributed by atoms with E-state index in [0.717, 1.165) is 49.7 Å². The quantitative estimate of drug-likeness (QED) is 0.300. The molecule has 0 aliphatic carbocycles. The molecule has 2 aromatic rings. The van der Waals surface area contributed by atoms with Crippen LogP contribution in [0, 0.1) is 0 Å². The fraction of sp³-hybridized carbons (Fsp3) is 0.526. The first-order chi connectivity index (χ1) is 13.6. The summed E-state index contributed by atoms with van der Waals surface area (Å²) in [5.41, 5.74) is 0. The van der Waals surface area contributed by atoms with Crippen LogP contribution in [0.15, 0.2) is 45.9 Å². The predicted octanol–water partition coefficient (Wildman–Crippen LogP) is 3.10. The Morgan fingerprint density at radius 3 is 2.55 bits per heavy atom. The van der Waals surface area contributed by atoms with E-state index in [2.05, 4.69) is 20.2 Å². The molecule has 0 radical (unpaired) electrons. The molecule has 1 saturated heterocycles. The molecule has 1 aliphatic heterocycles. The summed E-state index contributed by atoms with van der Waals surface area (Å²) < 4.78 is 29.7. The summed E-state index contributed by atoms with van der Waals surface area (Å²) in [5.74, 6) is 0.739. The van der Waals surface area contributed by atoms with Crippen molar-refractivity contribution in [3.63, 3.8) is 0 Å². The van der Waals surface area contributed by atoms with Crippen LogP contribution in [0.2, 0.25) is 0 Å². The Morgan fingerprint density at radius 1 is 1.14 bits per heavy atom. The fourth-order valence-electron chi connectivity index (χ4n) is 3.14. The van der Waals surface area contributed by atoms with Crippen LogP contribution in [0.3, 0.4) is 0 Å². The summed E-state index contributed by atoms with van der Waals surface area (Å²) in [6.07, 6.45) is 7.06. The number of nitrogens with zero attached hydrogens (tertiary/aromatic N) is 3. The van der Waals surface area contributed by atoms with Crippen LogP contribution in [0.25, 0.3) is 0 Å². The Balaban J connectivity index is 0.00000300. The van der Waals surface area contributed by atoms with Gasteiger partial charge in [-0.25, -0.2) is 13.4 Å². The number of aliphatic imine (C=N–C) groups is 1. The second kappa shape index (κ2) is 11.9. The van der Waals surface area contributed by atoms with Crippen LogP contribution in [0.4, 0.5) is 0 Å². The predicted molar refractivity (Wildman–Crippen MR) is 130 cm³/mol. The second-order valence-electron chi connectivity index (χ2n) is 6.73. The lowest BCUT2D eigenvalue weighted by molar-refractivity contribution is 0.347. The Kier molecular flexibility index (Phi) is 9.93. The molecule has 162 valence electrons. The van der Waals surface area contributed by atoms with E-state index >= 15 is 0 Å². The van der Waals surface area contributed by atoms with Gasteiger partial charge in [0.2, 0.25) is 0 Å². The number of nitrogens with one attached hydrogen (secondary N) is 2. The van der Waals surface area contributed by atoms with Crippen molar-refractivity contribution < 1.29 is 8.42 Å². The molecule has 0 aromatic carbocycles. The first-order valence-electron chi connectivity index (χ1n) is 9.81. The van der Waals surface area contributed by atoms with Crippen molar-refractivity contribution in [1.82, 2.24) is 19.5 Å². The van der Waals surface area contributed by atoms with Crippen molar-refractivity contribution in [3.8, 4) is 0 Å². The number of thiophene rings is 1. The van der Waals surface area contributed by atoms with Crippen LogP contribution in [0.1, 0.15) is 31.1 Å². The number of aromatic nitrogens is 1. The van der Waals surface area contributed by atoms with Crippen LogP contribution >= 0.6 is 35.3 Å². The number of halogens is 1. The highest BCUT2D eigenvalue weighted by Gasteiger charge is 2.27. The smallest absolute Gasteiger partial charge is 0.252 e. The third kappa shape index (κ3) is 6.97. The normalized spacial score (nSPS) is 15.7. The van der Waals surface area contributed by atoms with Crippen molar-refractivity contribution in [2.45, 2.75) is 43.5 Å². The minimum Gasteiger partial charge on any atom is -0.357 e. The topological polar surface area (TPSA) is 78.7 Å². The van der Waals surface area contributed by atoms with Crippen molar-refractivity contribution in [1.29, 1.82) is 0 Å². The van der Waals surface area contributed by atoms with Gasteiger partial charge >= 0.3 is 0 Å². The number of rotatable bonds is 8. The molecule has 29 heavy (non-hydrogen) atoms. The molecule has 2 N–H and O–H groups in total. The van der Waals surface area contributed by atoms with Crippen molar-refractivity contribution in [2.24, 2.45) is 4.99 Å². The zero-order valence-electron chi connectivity index (χ0n) is 16.7. The van der Waals surface area contributed by atoms with E-state index < -0.39 is 10.0 Å². The summed E-state index contributed by atoms with van der Waals surface area (Å²) in [5, 5.41) is 6.54. The Bertz CT molecular complexity index is 859. The highest BCUT2D eigenvalue weighted by Crippen LogP contribution is 2.27. The average molecular weight is 552 g/mol. The van der Waals surface area contributed by atoms with Gasteiger partial charge in [0.15, 0.2) is 5.96 Å². The molecule has 0 amide bonds. The highest BCUT2D eigenvalue weighted by molar-refractivity contribution is 14.0. The lowest BCUT2D eigenvalue weighted by atomic mass is 10.2. The monoisotopic (exact) mass is 551 g/mol. The van der Waals surface area contributed by atoms with Crippen LogP contribution in [-0.2, 0) is 23.1 Å². The van der Waals surface area contributed by atoms with Crippen molar-refractivity contribution >= 4 is 51.3 Å². The zero-order chi connectivity index (χ0) is 19.8. The van der Waals surface area contributed by atoms with E-state index in [-0.39, 0.29) is 24.0 Å². The van der Waals surface area contributed by atoms with Crippen molar-refractivity contribution in [3.05, 3.63) is 41.5 Å². The van der Waals surface area contributed by atoms with Gasteiger partial charge in [-0.1, -0.05) is 6.42 Å². The standard InChI is InChI=1S/C19H29N5O2S2.HI/c1-2-20-19(21-10-15-23-11-6-7-12-23)22-16-17-8-9-18(27-17)28(25,26)24-13-4-3-5-14-24;/h6-9,11-12H,2-5,10,13-16H2,1H3,(H2,20,21,22);1H. The molecule has 0 atom stereocenters. The van der Waals surface area contributed by atoms with Crippen LogP contribution < -0.4 is 10.6 Å². The van der Waals surface area contributed by atoms with Gasteiger partial charge in [-0.3, -0.25) is 0 Å². The molecule has 7 nitrogen and oxygen atoms in total. The molecule has 3 rings (SSSR count). The third-order valence-electron chi connectivity index (χ3n) is 4.61. The van der Waals surface area contributed by atoms with Gasteiger partial charge in [0, 0.05) is 50.0 Å². The maximum absolute atomic E-state index is 12.8. The third-order valence-corrected chi connectivity index (χ3v) is 8.05. The zero-order valence-corrected chi connectivity index (χ0v) is 20.7. The summed E-state index contributed by atoms with van der Waals surface area (Å²) in [6, 6.07) is 7.59. The number of sulfonamides is 1. The summed E-state index contributed by atoms with van der Waals surface area (Å²) in [4.78, 5) is 5.54. The van der Waals surface area contributed by atoms with E-state index in [9.17, 15) is 8.42 Å². The first kappa shape index (κ1) is 24.2. The molecule has 2 aromatic heterocycles. The fourth-order valence-corrected chi connectivity index (χ4v) is 6.09. The average Bonchev–Trinajstić information content (AvgIpc) is 3.39. The molecule has 0 bridgehead atoms. The maximum atomic E-state index is 12.8. The van der Waals surface area contributed by atoms with Crippen LogP contribution in [-0.4, -0.2) is 49.4 Å². The number of hydrogen-bond acceptors (Lipinski definition) is 4. The van der Waals surface area contributed by atoms with Gasteiger partial charge in [0.25, 0.3) is 10.0 Å². The van der Waals surface area contributed by atoms with Gasteiger partial charge in [-0.2, -0.15) is 4.31 Å². The van der Waals surface area contributed by atoms with E-state index in [1.165, 1.54) is 11.3 Å². The van der Waals surface area contributed by atoms with Crippen molar-refractivity contribution in [2.75, 3.05) is 26.2 Å². The molecule has 3 heterocycles. The molecule has 0 saturated carbocycles. The molecular weight excluding hydrogens is 521 g/mol. The number of hydrogen-bond donors (Lipinski definition) is 2. The molecule has 0 unspecified atom stereocenters. The van der Waals surface area contributed by atoms with Gasteiger partial charge < -0.3 is 15.2 Å². The van der Waals surface area contributed by atoms with E-state index in [4.69, 9.17) is 0 Å². The van der Waals surface area contributed by atoms with Gasteiger partial charge in [-0.15, -0.1) is 35.3 Å². The van der Waals surface area contributed by atoms with E-state index in [1.54, 1.807) is 10.4 Å². The Morgan fingerprint density at radius 2 is 1.86 bits per heavy atom. The SMILES string of the molecule is CCNC(=NCc1ccc(S(=O)(=O)N2CCCCC2)s1)NCCn1cccc1.I. The minimum absolute atomic E-state index is 0. The largest absolute Gasteiger partial charge is 0.357 e. The van der Waals surface area contributed by atoms with E-state index in [1.807, 2.05) is 37.5 Å². The molecule has 0 spiro atoms. The maximum Gasteiger partial charge on any atom is 0.252 e. The lowest BCUT2D eigenvalue weighted by Crippen LogP contribution is -2.38. The van der Waals surface area contributed by atoms with Crippen LogP contribution in [0.5, 0.6) is 0 Å². The van der Waals surface area contributed by atoms with Gasteiger partial charge in [-0.05, 0) is 44.0 Å². The van der Waals surface area contributed by atoms with E-state index in [0.29, 0.717) is 23.8 Å². The number of guanidine groups is 1. The second-order valence-corrected chi connectivity index (χ2v) is 10.1. The summed E-state index contributed by atoms with van der Waals surface area (Å²) >= 11 is 1.32. The van der Waals surface area contributed by atoms with Gasteiger partial charge in [0.1, 0.15) is 4.21 Å². The van der Waals surface area contributed by atoms with Gasteiger partial charge in [0.05, 0.1) is 6.54 Å². The minimum atomic E-state index is -3.36.